The van der Waals surface area contributed by atoms with Crippen molar-refractivity contribution in [2.75, 3.05) is 67.1 Å². The molecule has 2 unspecified atom stereocenters. The molecule has 4 fully saturated rings. The Morgan fingerprint density at radius 2 is 1.07 bits per heavy atom. The fraction of sp³-hybridized carbons (Fsp3) is 1.00. The van der Waals surface area contributed by atoms with Crippen LogP contribution in [0.15, 0.2) is 0 Å². The first-order valence-corrected chi connectivity index (χ1v) is 11.1. The van der Waals surface area contributed by atoms with Gasteiger partial charge in [-0.1, -0.05) is 12.8 Å². The minimum Gasteiger partial charge on any atom is -0.384 e. The molecule has 28 heavy (non-hydrogen) atoms. The minimum absolute atomic E-state index is 0.426. The van der Waals surface area contributed by atoms with E-state index >= 15 is 0 Å². The van der Waals surface area contributed by atoms with E-state index in [4.69, 9.17) is 28.4 Å². The van der Waals surface area contributed by atoms with Gasteiger partial charge in [-0.3, -0.25) is 0 Å². The van der Waals surface area contributed by atoms with Gasteiger partial charge in [0, 0.05) is 40.6 Å². The molecule has 2 aliphatic heterocycles. The lowest BCUT2D eigenvalue weighted by atomic mass is 9.86. The van der Waals surface area contributed by atoms with Crippen LogP contribution in [0, 0.1) is 11.8 Å². The second-order valence-electron chi connectivity index (χ2n) is 7.73. The summed E-state index contributed by atoms with van der Waals surface area (Å²) < 4.78 is 29.7. The summed E-state index contributed by atoms with van der Waals surface area (Å²) in [5, 5.41) is 0. The number of hydrogen-bond acceptors (Lipinski definition) is 6. The molecule has 0 spiro atoms. The van der Waals surface area contributed by atoms with E-state index in [0.29, 0.717) is 12.2 Å². The van der Waals surface area contributed by atoms with Crippen LogP contribution in [0.4, 0.5) is 0 Å². The van der Waals surface area contributed by atoms with Gasteiger partial charge in [-0.05, 0) is 51.4 Å². The van der Waals surface area contributed by atoms with Crippen LogP contribution in [-0.4, -0.2) is 79.3 Å². The Morgan fingerprint density at radius 3 is 1.36 bits per heavy atom. The van der Waals surface area contributed by atoms with Gasteiger partial charge >= 0.3 is 0 Å². The number of methoxy groups -OCH3 is 2. The molecule has 2 atom stereocenters. The van der Waals surface area contributed by atoms with Gasteiger partial charge in [-0.25, -0.2) is 0 Å². The maximum atomic E-state index is 5.24. The Morgan fingerprint density at radius 1 is 0.643 bits per heavy atom. The third-order valence-corrected chi connectivity index (χ3v) is 5.07. The molecule has 0 N–H and O–H groups in total. The van der Waals surface area contributed by atoms with Crippen LogP contribution in [0.2, 0.25) is 0 Å². The van der Waals surface area contributed by atoms with Crippen molar-refractivity contribution in [1.82, 2.24) is 0 Å². The summed E-state index contributed by atoms with van der Waals surface area (Å²) in [5.41, 5.74) is 0. The molecular weight excluding hydrogens is 360 g/mol. The molecule has 168 valence electrons. The molecule has 6 heteroatoms. The van der Waals surface area contributed by atoms with E-state index in [1.165, 1.54) is 38.5 Å². The van der Waals surface area contributed by atoms with Gasteiger partial charge < -0.3 is 28.4 Å². The van der Waals surface area contributed by atoms with Gasteiger partial charge in [0.25, 0.3) is 0 Å². The fourth-order valence-corrected chi connectivity index (χ4v) is 2.60. The molecule has 0 radical (unpaired) electrons. The Kier molecular flexibility index (Phi) is 16.2. The standard InChI is InChI=1S/C7H14O.C6H12O.C5H10O2.C4H8O2/c1-2-8-6-7-4-3-5-7;1-7-5-6-3-2-4-6;1-2-6-3-5-4-7-5;1-5-2-4-3-6-4/h7H,2-6H2,1H3;6H,2-5H2,1H3;5H,2-4H2,1H3;4H,2-3H2,1H3. The summed E-state index contributed by atoms with van der Waals surface area (Å²) in [6.07, 6.45) is 9.31. The van der Waals surface area contributed by atoms with Gasteiger partial charge in [-0.2, -0.15) is 0 Å². The molecule has 2 aliphatic carbocycles. The van der Waals surface area contributed by atoms with Crippen LogP contribution < -0.4 is 0 Å². The quantitative estimate of drug-likeness (QED) is 0.517. The zero-order chi connectivity index (χ0) is 20.5. The van der Waals surface area contributed by atoms with Crippen molar-refractivity contribution in [3.63, 3.8) is 0 Å². The SMILES string of the molecule is CCOCC1CCC1.CCOCC1CO1.COCC1CCC1.COCC1CO1. The molecule has 6 nitrogen and oxygen atoms in total. The van der Waals surface area contributed by atoms with E-state index < -0.39 is 0 Å². The highest BCUT2D eigenvalue weighted by Crippen LogP contribution is 2.26. The van der Waals surface area contributed by atoms with Crippen LogP contribution in [0.5, 0.6) is 0 Å². The van der Waals surface area contributed by atoms with Crippen LogP contribution in [0.3, 0.4) is 0 Å². The Bertz CT molecular complexity index is 325. The molecule has 2 saturated heterocycles. The highest BCUT2D eigenvalue weighted by Gasteiger charge is 2.22. The van der Waals surface area contributed by atoms with E-state index in [-0.39, 0.29) is 0 Å². The third kappa shape index (κ3) is 15.7. The van der Waals surface area contributed by atoms with E-state index in [0.717, 1.165) is 64.7 Å². The maximum absolute atomic E-state index is 5.24. The van der Waals surface area contributed by atoms with Crippen LogP contribution in [0.1, 0.15) is 52.4 Å². The maximum Gasteiger partial charge on any atom is 0.104 e. The molecule has 0 bridgehead atoms. The van der Waals surface area contributed by atoms with E-state index in [9.17, 15) is 0 Å². The summed E-state index contributed by atoms with van der Waals surface area (Å²) in [6, 6.07) is 0. The summed E-state index contributed by atoms with van der Waals surface area (Å²) in [6.45, 7) is 11.1. The third-order valence-electron chi connectivity index (χ3n) is 5.07. The number of hydrogen-bond donors (Lipinski definition) is 0. The first-order valence-electron chi connectivity index (χ1n) is 11.1. The summed E-state index contributed by atoms with van der Waals surface area (Å²) in [7, 11) is 3.46. The minimum atomic E-state index is 0.426. The molecule has 0 aromatic heterocycles. The smallest absolute Gasteiger partial charge is 0.104 e. The molecule has 2 heterocycles. The van der Waals surface area contributed by atoms with Crippen molar-refractivity contribution in [2.45, 2.75) is 64.6 Å². The van der Waals surface area contributed by atoms with Crippen LogP contribution >= 0.6 is 0 Å². The van der Waals surface area contributed by atoms with Crippen molar-refractivity contribution in [3.8, 4) is 0 Å². The number of rotatable bonds is 10. The van der Waals surface area contributed by atoms with Crippen molar-refractivity contribution >= 4 is 0 Å². The van der Waals surface area contributed by atoms with Gasteiger partial charge in [0.15, 0.2) is 0 Å². The molecular formula is C22H44O6. The first kappa shape index (κ1) is 25.8. The van der Waals surface area contributed by atoms with Gasteiger partial charge in [0.1, 0.15) is 12.2 Å². The van der Waals surface area contributed by atoms with Crippen LogP contribution in [0.25, 0.3) is 0 Å². The van der Waals surface area contributed by atoms with Crippen LogP contribution in [-0.2, 0) is 28.4 Å². The molecule has 4 aliphatic rings. The zero-order valence-electron chi connectivity index (χ0n) is 18.7. The summed E-state index contributed by atoms with van der Waals surface area (Å²) >= 11 is 0. The summed E-state index contributed by atoms with van der Waals surface area (Å²) in [5.74, 6) is 1.82. The lowest BCUT2D eigenvalue weighted by Crippen LogP contribution is -2.17. The van der Waals surface area contributed by atoms with Crippen molar-refractivity contribution in [2.24, 2.45) is 11.8 Å². The largest absolute Gasteiger partial charge is 0.384 e. The Hall–Kier alpha value is -0.240. The second kappa shape index (κ2) is 17.6. The number of ether oxygens (including phenoxy) is 6. The van der Waals surface area contributed by atoms with Crippen molar-refractivity contribution in [3.05, 3.63) is 0 Å². The predicted octanol–water partition coefficient (Wildman–Crippen LogP) is 3.71. The molecule has 2 saturated carbocycles. The molecule has 0 aromatic rings. The number of epoxide rings is 2. The highest BCUT2D eigenvalue weighted by molar-refractivity contribution is 4.68. The lowest BCUT2D eigenvalue weighted by Gasteiger charge is -2.24. The molecule has 0 amide bonds. The van der Waals surface area contributed by atoms with E-state index in [2.05, 4.69) is 6.92 Å². The normalized spacial score (nSPS) is 24.9. The average molecular weight is 405 g/mol. The average Bonchev–Trinajstić information content (AvgIpc) is 3.52. The second-order valence-corrected chi connectivity index (χ2v) is 7.73. The fourth-order valence-electron chi connectivity index (χ4n) is 2.60. The van der Waals surface area contributed by atoms with Gasteiger partial charge in [-0.15, -0.1) is 0 Å². The van der Waals surface area contributed by atoms with E-state index in [1.54, 1.807) is 14.2 Å². The Balaban J connectivity index is 0.000000188. The molecule has 0 aromatic carbocycles. The topological polar surface area (TPSA) is 62.0 Å². The predicted molar refractivity (Wildman–Crippen MR) is 111 cm³/mol. The summed E-state index contributed by atoms with van der Waals surface area (Å²) in [4.78, 5) is 0. The van der Waals surface area contributed by atoms with Crippen molar-refractivity contribution < 1.29 is 28.4 Å². The Labute approximate surface area is 172 Å². The van der Waals surface area contributed by atoms with Gasteiger partial charge in [0.05, 0.1) is 26.4 Å². The highest BCUT2D eigenvalue weighted by atomic mass is 16.6. The lowest BCUT2D eigenvalue weighted by molar-refractivity contribution is 0.0789. The molecule has 4 rings (SSSR count). The van der Waals surface area contributed by atoms with Gasteiger partial charge in [0.2, 0.25) is 0 Å². The zero-order valence-corrected chi connectivity index (χ0v) is 18.7. The van der Waals surface area contributed by atoms with E-state index in [1.807, 2.05) is 6.92 Å². The first-order chi connectivity index (χ1) is 13.7. The monoisotopic (exact) mass is 404 g/mol. The van der Waals surface area contributed by atoms with Crippen molar-refractivity contribution in [1.29, 1.82) is 0 Å².